The van der Waals surface area contributed by atoms with Crippen LogP contribution in [0.1, 0.15) is 5.69 Å². The smallest absolute Gasteiger partial charge is 0.307 e. The van der Waals surface area contributed by atoms with Gasteiger partial charge in [0.05, 0.1) is 17.6 Å². The second kappa shape index (κ2) is 6.29. The van der Waals surface area contributed by atoms with Gasteiger partial charge >= 0.3 is 6.03 Å². The standard InChI is InChI=1S/C16H14ClN5O2/c1-10-14-7-13(8-18-15(14)21(2)20-10)22(9-23)16(24)19-12-5-3-4-11(17)6-12/h3-9H,1-2H3,(H,19,24). The van der Waals surface area contributed by atoms with Crippen molar-refractivity contribution in [3.63, 3.8) is 0 Å². The third kappa shape index (κ3) is 2.93. The lowest BCUT2D eigenvalue weighted by atomic mass is 10.2. The Morgan fingerprint density at radius 2 is 2.17 bits per heavy atom. The van der Waals surface area contributed by atoms with Crippen LogP contribution in [0.5, 0.6) is 0 Å². The van der Waals surface area contributed by atoms with Crippen LogP contribution in [0.3, 0.4) is 0 Å². The molecule has 3 aromatic rings. The summed E-state index contributed by atoms with van der Waals surface area (Å²) < 4.78 is 1.64. The fraction of sp³-hybridized carbons (Fsp3) is 0.125. The second-order valence-corrected chi connectivity index (χ2v) is 5.63. The first-order valence-corrected chi connectivity index (χ1v) is 7.48. The van der Waals surface area contributed by atoms with Gasteiger partial charge in [-0.2, -0.15) is 5.10 Å². The molecule has 0 aliphatic rings. The molecule has 0 bridgehead atoms. The van der Waals surface area contributed by atoms with Crippen LogP contribution in [0.15, 0.2) is 36.5 Å². The first-order chi connectivity index (χ1) is 11.5. The summed E-state index contributed by atoms with van der Waals surface area (Å²) in [4.78, 5) is 29.0. The minimum absolute atomic E-state index is 0.355. The molecule has 0 aliphatic carbocycles. The van der Waals surface area contributed by atoms with Crippen LogP contribution in [0.2, 0.25) is 5.02 Å². The second-order valence-electron chi connectivity index (χ2n) is 5.19. The number of urea groups is 1. The van der Waals surface area contributed by atoms with E-state index in [1.165, 1.54) is 6.20 Å². The van der Waals surface area contributed by atoms with E-state index in [0.717, 1.165) is 16.0 Å². The Bertz CT molecular complexity index is 937. The molecule has 7 nitrogen and oxygen atoms in total. The van der Waals surface area contributed by atoms with Gasteiger partial charge in [-0.25, -0.2) is 14.7 Å². The summed E-state index contributed by atoms with van der Waals surface area (Å²) in [6, 6.07) is 7.77. The van der Waals surface area contributed by atoms with Crippen LogP contribution >= 0.6 is 11.6 Å². The SMILES string of the molecule is Cc1nn(C)c2ncc(N(C=O)C(=O)Nc3cccc(Cl)c3)cc12. The van der Waals surface area contributed by atoms with Gasteiger partial charge in [0, 0.05) is 23.1 Å². The summed E-state index contributed by atoms with van der Waals surface area (Å²) in [5, 5.41) is 8.15. The average molecular weight is 344 g/mol. The molecule has 1 aromatic carbocycles. The van der Waals surface area contributed by atoms with E-state index >= 15 is 0 Å². The lowest BCUT2D eigenvalue weighted by Gasteiger charge is -2.16. The van der Waals surface area contributed by atoms with Crippen molar-refractivity contribution >= 4 is 46.5 Å². The number of aryl methyl sites for hydroxylation is 2. The molecule has 0 saturated carbocycles. The number of anilines is 2. The summed E-state index contributed by atoms with van der Waals surface area (Å²) >= 11 is 5.89. The quantitative estimate of drug-likeness (QED) is 0.741. The predicted molar refractivity (Wildman–Crippen MR) is 92.3 cm³/mol. The van der Waals surface area contributed by atoms with E-state index in [2.05, 4.69) is 15.4 Å². The van der Waals surface area contributed by atoms with Crippen LogP contribution in [-0.2, 0) is 11.8 Å². The van der Waals surface area contributed by atoms with Crippen LogP contribution < -0.4 is 10.2 Å². The zero-order valence-electron chi connectivity index (χ0n) is 13.0. The Morgan fingerprint density at radius 1 is 1.38 bits per heavy atom. The molecule has 0 atom stereocenters. The van der Waals surface area contributed by atoms with E-state index in [-0.39, 0.29) is 0 Å². The molecule has 0 radical (unpaired) electrons. The molecule has 0 aliphatic heterocycles. The van der Waals surface area contributed by atoms with E-state index in [1.807, 2.05) is 6.92 Å². The number of halogens is 1. The number of carbonyl (C=O) groups excluding carboxylic acids is 2. The Labute approximate surface area is 142 Å². The molecule has 0 fully saturated rings. The maximum atomic E-state index is 12.4. The highest BCUT2D eigenvalue weighted by molar-refractivity contribution is 6.31. The van der Waals surface area contributed by atoms with E-state index in [9.17, 15) is 9.59 Å². The predicted octanol–water partition coefficient (Wildman–Crippen LogP) is 3.13. The van der Waals surface area contributed by atoms with Crippen molar-refractivity contribution in [3.8, 4) is 0 Å². The van der Waals surface area contributed by atoms with Gasteiger partial charge in [-0.1, -0.05) is 17.7 Å². The maximum Gasteiger partial charge on any atom is 0.333 e. The number of rotatable bonds is 3. The van der Waals surface area contributed by atoms with Crippen LogP contribution in [0.25, 0.3) is 11.0 Å². The highest BCUT2D eigenvalue weighted by Crippen LogP contribution is 2.22. The molecule has 0 saturated heterocycles. The fourth-order valence-electron chi connectivity index (χ4n) is 2.40. The molecule has 8 heteroatoms. The van der Waals surface area contributed by atoms with Gasteiger partial charge in [-0.05, 0) is 31.2 Å². The largest absolute Gasteiger partial charge is 0.333 e. The van der Waals surface area contributed by atoms with E-state index in [4.69, 9.17) is 11.6 Å². The molecule has 0 unspecified atom stereocenters. The van der Waals surface area contributed by atoms with Crippen molar-refractivity contribution in [2.24, 2.45) is 7.05 Å². The molecule has 0 spiro atoms. The van der Waals surface area contributed by atoms with Crippen molar-refractivity contribution in [1.29, 1.82) is 0 Å². The van der Waals surface area contributed by atoms with E-state index in [0.29, 0.717) is 28.5 Å². The number of fused-ring (bicyclic) bond motifs is 1. The summed E-state index contributed by atoms with van der Waals surface area (Å²) in [5.41, 5.74) is 2.29. The molecule has 3 amide bonds. The van der Waals surface area contributed by atoms with Crippen molar-refractivity contribution in [1.82, 2.24) is 14.8 Å². The average Bonchev–Trinajstić information content (AvgIpc) is 2.82. The number of aromatic nitrogens is 3. The summed E-state index contributed by atoms with van der Waals surface area (Å²) in [6.45, 7) is 1.84. The number of hydrogen-bond donors (Lipinski definition) is 1. The zero-order chi connectivity index (χ0) is 17.3. The molecule has 3 rings (SSSR count). The van der Waals surface area contributed by atoms with Crippen molar-refractivity contribution in [2.75, 3.05) is 10.2 Å². The minimum Gasteiger partial charge on any atom is -0.307 e. The van der Waals surface area contributed by atoms with Gasteiger partial charge in [-0.15, -0.1) is 0 Å². The normalized spacial score (nSPS) is 10.6. The third-order valence-corrected chi connectivity index (χ3v) is 3.76. The number of benzene rings is 1. The van der Waals surface area contributed by atoms with Gasteiger partial charge in [0.2, 0.25) is 6.41 Å². The van der Waals surface area contributed by atoms with Gasteiger partial charge < -0.3 is 5.32 Å². The van der Waals surface area contributed by atoms with Crippen LogP contribution in [0, 0.1) is 6.92 Å². The number of hydrogen-bond acceptors (Lipinski definition) is 4. The molecular weight excluding hydrogens is 330 g/mol. The Hall–Kier alpha value is -2.93. The molecule has 24 heavy (non-hydrogen) atoms. The van der Waals surface area contributed by atoms with Crippen molar-refractivity contribution in [3.05, 3.63) is 47.2 Å². The number of pyridine rings is 1. The third-order valence-electron chi connectivity index (χ3n) is 3.53. The molecule has 1 N–H and O–H groups in total. The van der Waals surface area contributed by atoms with Gasteiger partial charge in [0.25, 0.3) is 0 Å². The molecular formula is C16H14ClN5O2. The Morgan fingerprint density at radius 3 is 2.88 bits per heavy atom. The van der Waals surface area contributed by atoms with Gasteiger partial charge in [0.1, 0.15) is 0 Å². The first kappa shape index (κ1) is 15.9. The number of carbonyl (C=O) groups is 2. The molecule has 122 valence electrons. The zero-order valence-corrected chi connectivity index (χ0v) is 13.8. The Balaban J connectivity index is 1.92. The first-order valence-electron chi connectivity index (χ1n) is 7.10. The number of nitrogens with zero attached hydrogens (tertiary/aromatic N) is 4. The highest BCUT2D eigenvalue weighted by Gasteiger charge is 2.17. The fourth-order valence-corrected chi connectivity index (χ4v) is 2.59. The number of imide groups is 1. The van der Waals surface area contributed by atoms with Crippen molar-refractivity contribution < 1.29 is 9.59 Å². The summed E-state index contributed by atoms with van der Waals surface area (Å²) in [6.07, 6.45) is 1.89. The topological polar surface area (TPSA) is 80.1 Å². The number of amides is 3. The molecule has 2 aromatic heterocycles. The van der Waals surface area contributed by atoms with Gasteiger partial charge in [0.15, 0.2) is 5.65 Å². The summed E-state index contributed by atoms with van der Waals surface area (Å²) in [7, 11) is 1.78. The van der Waals surface area contributed by atoms with E-state index in [1.54, 1.807) is 42.1 Å². The van der Waals surface area contributed by atoms with Gasteiger partial charge in [-0.3, -0.25) is 9.48 Å². The van der Waals surface area contributed by atoms with Crippen LogP contribution in [0.4, 0.5) is 16.2 Å². The monoisotopic (exact) mass is 343 g/mol. The Kier molecular flexibility index (Phi) is 4.18. The van der Waals surface area contributed by atoms with Crippen LogP contribution in [-0.4, -0.2) is 27.2 Å². The maximum absolute atomic E-state index is 12.4. The lowest BCUT2D eigenvalue weighted by Crippen LogP contribution is -2.33. The number of nitrogens with one attached hydrogen (secondary N) is 1. The highest BCUT2D eigenvalue weighted by atomic mass is 35.5. The lowest BCUT2D eigenvalue weighted by molar-refractivity contribution is -0.106. The minimum atomic E-state index is -0.602. The summed E-state index contributed by atoms with van der Waals surface area (Å²) in [5.74, 6) is 0. The van der Waals surface area contributed by atoms with Crippen molar-refractivity contribution in [2.45, 2.75) is 6.92 Å². The van der Waals surface area contributed by atoms with E-state index < -0.39 is 6.03 Å². The molecule has 2 heterocycles.